The Morgan fingerprint density at radius 2 is 1.89 bits per heavy atom. The highest BCUT2D eigenvalue weighted by molar-refractivity contribution is 5.88. The fourth-order valence-electron chi connectivity index (χ4n) is 1.33. The number of urea groups is 1. The van der Waals surface area contributed by atoms with Gasteiger partial charge in [0.1, 0.15) is 0 Å². The van der Waals surface area contributed by atoms with Crippen LogP contribution in [0.2, 0.25) is 0 Å². The van der Waals surface area contributed by atoms with Crippen molar-refractivity contribution in [2.45, 2.75) is 26.7 Å². The number of carbonyl (C=O) groups is 2. The maximum Gasteiger partial charge on any atom is 0.359 e. The number of hydrogen-bond acceptors (Lipinski definition) is 3. The fourth-order valence-corrected chi connectivity index (χ4v) is 1.33. The quantitative estimate of drug-likeness (QED) is 0.630. The van der Waals surface area contributed by atoms with Crippen LogP contribution >= 0.6 is 0 Å². The first-order valence-corrected chi connectivity index (χ1v) is 6.19. The Bertz CT molecular complexity index is 454. The molecule has 0 spiro atoms. The monoisotopic (exact) mass is 262 g/mol. The molecule has 0 bridgehead atoms. The molecule has 1 rings (SSSR count). The van der Waals surface area contributed by atoms with Gasteiger partial charge in [-0.3, -0.25) is 4.79 Å². The van der Waals surface area contributed by atoms with Crippen molar-refractivity contribution in [3.8, 4) is 0 Å². The van der Waals surface area contributed by atoms with Gasteiger partial charge in [0.2, 0.25) is 5.91 Å². The van der Waals surface area contributed by atoms with Gasteiger partial charge in [-0.25, -0.2) is 4.79 Å². The molecule has 0 aliphatic carbocycles. The minimum absolute atomic E-state index is 0.135. The summed E-state index contributed by atoms with van der Waals surface area (Å²) >= 11 is 0. The highest BCUT2D eigenvalue weighted by atomic mass is 16.2. The number of amides is 3. The lowest BCUT2D eigenvalue weighted by atomic mass is 10.3. The molecule has 0 aliphatic rings. The van der Waals surface area contributed by atoms with Gasteiger partial charge in [-0.1, -0.05) is 18.5 Å². The third-order valence-corrected chi connectivity index (χ3v) is 2.25. The molecular formula is C13H18N4O2. The Balaban J connectivity index is 2.48. The van der Waals surface area contributed by atoms with Gasteiger partial charge in [-0.2, -0.15) is 0 Å². The summed E-state index contributed by atoms with van der Waals surface area (Å²) in [5.74, 6) is -0.135. The molecule has 0 saturated heterocycles. The summed E-state index contributed by atoms with van der Waals surface area (Å²) in [6.07, 6.45) is 1.94. The largest absolute Gasteiger partial charge is 0.359 e. The Morgan fingerprint density at radius 3 is 2.47 bits per heavy atom. The molecule has 6 heteroatoms. The van der Waals surface area contributed by atoms with E-state index in [4.69, 9.17) is 0 Å². The van der Waals surface area contributed by atoms with Gasteiger partial charge in [-0.15, -0.1) is 5.11 Å². The SMILES string of the molecule is CCCCNC(=O)N=Nc1ccc(NC(C)=O)cc1. The number of anilines is 1. The molecule has 19 heavy (non-hydrogen) atoms. The molecule has 102 valence electrons. The van der Waals surface area contributed by atoms with Crippen molar-refractivity contribution >= 4 is 23.3 Å². The van der Waals surface area contributed by atoms with Crippen LogP contribution in [0.25, 0.3) is 0 Å². The average molecular weight is 262 g/mol. The van der Waals surface area contributed by atoms with Crippen molar-refractivity contribution in [2.75, 3.05) is 11.9 Å². The van der Waals surface area contributed by atoms with Gasteiger partial charge in [0.05, 0.1) is 5.69 Å². The first kappa shape index (κ1) is 14.8. The van der Waals surface area contributed by atoms with E-state index in [1.54, 1.807) is 24.3 Å². The third-order valence-electron chi connectivity index (χ3n) is 2.25. The lowest BCUT2D eigenvalue weighted by Crippen LogP contribution is -2.20. The molecule has 0 unspecified atom stereocenters. The van der Waals surface area contributed by atoms with Gasteiger partial charge < -0.3 is 10.6 Å². The first-order chi connectivity index (χ1) is 9.11. The van der Waals surface area contributed by atoms with Gasteiger partial charge in [-0.05, 0) is 30.7 Å². The van der Waals surface area contributed by atoms with E-state index in [2.05, 4.69) is 20.9 Å². The van der Waals surface area contributed by atoms with E-state index in [-0.39, 0.29) is 5.91 Å². The Kier molecular flexibility index (Phi) is 6.21. The highest BCUT2D eigenvalue weighted by Gasteiger charge is 1.98. The maximum atomic E-state index is 11.3. The van der Waals surface area contributed by atoms with Crippen LogP contribution in [0, 0.1) is 0 Å². The number of benzene rings is 1. The van der Waals surface area contributed by atoms with Crippen LogP contribution in [-0.2, 0) is 4.79 Å². The minimum atomic E-state index is -0.445. The first-order valence-electron chi connectivity index (χ1n) is 6.19. The second-order valence-electron chi connectivity index (χ2n) is 4.01. The van der Waals surface area contributed by atoms with Crippen molar-refractivity contribution in [3.63, 3.8) is 0 Å². The number of unbranched alkanes of at least 4 members (excludes halogenated alkanes) is 1. The Morgan fingerprint density at radius 1 is 1.21 bits per heavy atom. The number of rotatable bonds is 5. The summed E-state index contributed by atoms with van der Waals surface area (Å²) in [5.41, 5.74) is 1.23. The zero-order chi connectivity index (χ0) is 14.1. The predicted molar refractivity (Wildman–Crippen MR) is 73.6 cm³/mol. The normalized spacial score (nSPS) is 10.4. The summed E-state index contributed by atoms with van der Waals surface area (Å²) in [5, 5.41) is 12.6. The second kappa shape index (κ2) is 7.97. The van der Waals surface area contributed by atoms with Gasteiger partial charge >= 0.3 is 6.03 Å². The summed E-state index contributed by atoms with van der Waals surface area (Å²) in [7, 11) is 0. The lowest BCUT2D eigenvalue weighted by molar-refractivity contribution is -0.114. The fraction of sp³-hybridized carbons (Fsp3) is 0.385. The highest BCUT2D eigenvalue weighted by Crippen LogP contribution is 2.16. The van der Waals surface area contributed by atoms with E-state index in [0.717, 1.165) is 12.8 Å². The van der Waals surface area contributed by atoms with Crippen LogP contribution in [0.3, 0.4) is 0 Å². The van der Waals surface area contributed by atoms with Gasteiger partial charge in [0.15, 0.2) is 0 Å². The molecule has 0 saturated carbocycles. The molecule has 0 fully saturated rings. The molecule has 0 radical (unpaired) electrons. The number of nitrogens with zero attached hydrogens (tertiary/aromatic N) is 2. The van der Waals surface area contributed by atoms with Crippen molar-refractivity contribution in [2.24, 2.45) is 10.2 Å². The van der Waals surface area contributed by atoms with Crippen LogP contribution in [0.5, 0.6) is 0 Å². The number of azo groups is 1. The number of hydrogen-bond donors (Lipinski definition) is 2. The van der Waals surface area contributed by atoms with Crippen LogP contribution < -0.4 is 10.6 Å². The van der Waals surface area contributed by atoms with E-state index in [1.165, 1.54) is 6.92 Å². The third kappa shape index (κ3) is 6.30. The van der Waals surface area contributed by atoms with Gasteiger partial charge in [0, 0.05) is 19.2 Å². The van der Waals surface area contributed by atoms with Crippen molar-refractivity contribution in [1.82, 2.24) is 5.32 Å². The molecule has 1 aromatic rings. The number of carbonyl (C=O) groups excluding carboxylic acids is 2. The predicted octanol–water partition coefficient (Wildman–Crippen LogP) is 3.24. The standard InChI is InChI=1S/C13H18N4O2/c1-3-4-9-14-13(19)17-16-12-7-5-11(6-8-12)15-10(2)18/h5-8H,3-4,9H2,1-2H3,(H,14,19)(H,15,18). The van der Waals surface area contributed by atoms with E-state index >= 15 is 0 Å². The van der Waals surface area contributed by atoms with Crippen LogP contribution in [0.4, 0.5) is 16.2 Å². The molecule has 0 aromatic heterocycles. The van der Waals surface area contributed by atoms with Crippen molar-refractivity contribution < 1.29 is 9.59 Å². The van der Waals surface area contributed by atoms with E-state index in [1.807, 2.05) is 6.92 Å². The van der Waals surface area contributed by atoms with Crippen molar-refractivity contribution in [1.29, 1.82) is 0 Å². The van der Waals surface area contributed by atoms with E-state index in [0.29, 0.717) is 17.9 Å². The molecule has 0 heterocycles. The maximum absolute atomic E-state index is 11.3. The molecule has 1 aromatic carbocycles. The van der Waals surface area contributed by atoms with Crippen LogP contribution in [0.1, 0.15) is 26.7 Å². The Hall–Kier alpha value is -2.24. The number of nitrogens with one attached hydrogen (secondary N) is 2. The minimum Gasteiger partial charge on any atom is -0.335 e. The molecule has 0 atom stereocenters. The topological polar surface area (TPSA) is 82.9 Å². The van der Waals surface area contributed by atoms with Crippen LogP contribution in [0.15, 0.2) is 34.5 Å². The molecule has 2 N–H and O–H groups in total. The zero-order valence-electron chi connectivity index (χ0n) is 11.1. The molecule has 6 nitrogen and oxygen atoms in total. The van der Waals surface area contributed by atoms with E-state index < -0.39 is 6.03 Å². The second-order valence-corrected chi connectivity index (χ2v) is 4.01. The summed E-state index contributed by atoms with van der Waals surface area (Å²) < 4.78 is 0. The Labute approximate surface area is 112 Å². The summed E-state index contributed by atoms with van der Waals surface area (Å²) in [4.78, 5) is 22.1. The molecule has 0 aliphatic heterocycles. The van der Waals surface area contributed by atoms with E-state index in [9.17, 15) is 9.59 Å². The smallest absolute Gasteiger partial charge is 0.335 e. The summed E-state index contributed by atoms with van der Waals surface area (Å²) in [6.45, 7) is 4.09. The lowest BCUT2D eigenvalue weighted by Gasteiger charge is -2.01. The molecule has 3 amide bonds. The van der Waals surface area contributed by atoms with Crippen LogP contribution in [-0.4, -0.2) is 18.5 Å². The zero-order valence-corrected chi connectivity index (χ0v) is 11.1. The van der Waals surface area contributed by atoms with Gasteiger partial charge in [0.25, 0.3) is 0 Å². The average Bonchev–Trinajstić information content (AvgIpc) is 2.37. The summed E-state index contributed by atoms with van der Waals surface area (Å²) in [6, 6.07) is 6.30. The van der Waals surface area contributed by atoms with Crippen molar-refractivity contribution in [3.05, 3.63) is 24.3 Å². The molecular weight excluding hydrogens is 244 g/mol.